The van der Waals surface area contributed by atoms with E-state index in [1.54, 1.807) is 0 Å². The highest BCUT2D eigenvalue weighted by molar-refractivity contribution is 5.25. The van der Waals surface area contributed by atoms with E-state index in [4.69, 9.17) is 5.53 Å². The third kappa shape index (κ3) is 1.44. The van der Waals surface area contributed by atoms with E-state index < -0.39 is 0 Å². The summed E-state index contributed by atoms with van der Waals surface area (Å²) in [6.07, 6.45) is 10.5. The maximum absolute atomic E-state index is 8.58. The minimum absolute atomic E-state index is 0.106. The van der Waals surface area contributed by atoms with Crippen LogP contribution in [0.4, 0.5) is 0 Å². The molecule has 0 amide bonds. The molecule has 0 aliphatic heterocycles. The molecule has 1 fully saturated rings. The highest BCUT2D eigenvalue weighted by Gasteiger charge is 2.36. The van der Waals surface area contributed by atoms with Crippen LogP contribution in [-0.2, 0) is 0 Å². The average Bonchev–Trinajstić information content (AvgIpc) is 2.18. The molecule has 0 saturated heterocycles. The van der Waals surface area contributed by atoms with Gasteiger partial charge < -0.3 is 0 Å². The van der Waals surface area contributed by atoms with Gasteiger partial charge in [-0.25, -0.2) is 0 Å². The summed E-state index contributed by atoms with van der Waals surface area (Å²) in [4.78, 5) is 3.02. The van der Waals surface area contributed by atoms with Gasteiger partial charge in [0, 0.05) is 4.91 Å². The van der Waals surface area contributed by atoms with Gasteiger partial charge in [-0.3, -0.25) is 0 Å². The standard InChI is InChI=1S/C10H15N3/c11-13-12-10-7-3-1-5-9(10)6-2-4-8-10/h5H,1-4,6-8H2. The van der Waals surface area contributed by atoms with E-state index in [1.165, 1.54) is 31.3 Å². The molecule has 0 N–H and O–H groups in total. The zero-order valence-corrected chi connectivity index (χ0v) is 7.87. The zero-order valence-electron chi connectivity index (χ0n) is 7.87. The van der Waals surface area contributed by atoms with Crippen molar-refractivity contribution < 1.29 is 0 Å². The van der Waals surface area contributed by atoms with Crippen molar-refractivity contribution in [3.05, 3.63) is 22.1 Å². The Hall–Kier alpha value is -0.950. The Labute approximate surface area is 78.5 Å². The molecule has 0 aromatic carbocycles. The summed E-state index contributed by atoms with van der Waals surface area (Å²) in [7, 11) is 0. The van der Waals surface area contributed by atoms with Crippen LogP contribution in [0.1, 0.15) is 44.9 Å². The van der Waals surface area contributed by atoms with E-state index in [0.717, 1.165) is 19.3 Å². The molecule has 0 heterocycles. The lowest BCUT2D eigenvalue weighted by Gasteiger charge is -2.38. The smallest absolute Gasteiger partial charge is 0.0697 e. The molecule has 2 aliphatic carbocycles. The van der Waals surface area contributed by atoms with Crippen molar-refractivity contribution in [1.29, 1.82) is 0 Å². The number of fused-ring (bicyclic) bond motifs is 1. The lowest BCUT2D eigenvalue weighted by molar-refractivity contribution is 0.338. The molecule has 1 unspecified atom stereocenters. The number of hydrogen-bond acceptors (Lipinski definition) is 1. The third-order valence-electron chi connectivity index (χ3n) is 3.31. The molecule has 3 heteroatoms. The Morgan fingerprint density at radius 2 is 2.15 bits per heavy atom. The van der Waals surface area contributed by atoms with Crippen molar-refractivity contribution >= 4 is 0 Å². The summed E-state index contributed by atoms with van der Waals surface area (Å²) >= 11 is 0. The molecule has 70 valence electrons. The Morgan fingerprint density at radius 3 is 3.00 bits per heavy atom. The highest BCUT2D eigenvalue weighted by atomic mass is 15.2. The number of azide groups is 1. The number of allylic oxidation sites excluding steroid dienone is 1. The zero-order chi connectivity index (χ0) is 9.15. The molecule has 0 aromatic rings. The number of nitrogens with zero attached hydrogens (tertiary/aromatic N) is 3. The summed E-state index contributed by atoms with van der Waals surface area (Å²) in [6, 6.07) is 0. The van der Waals surface area contributed by atoms with Crippen molar-refractivity contribution in [2.24, 2.45) is 5.11 Å². The first kappa shape index (κ1) is 8.64. The van der Waals surface area contributed by atoms with Crippen LogP contribution in [0.2, 0.25) is 0 Å². The normalized spacial score (nSPS) is 32.8. The predicted molar refractivity (Wildman–Crippen MR) is 52.3 cm³/mol. The van der Waals surface area contributed by atoms with Crippen LogP contribution < -0.4 is 0 Å². The maximum Gasteiger partial charge on any atom is 0.0697 e. The summed E-state index contributed by atoms with van der Waals surface area (Å²) in [5.41, 5.74) is 9.90. The van der Waals surface area contributed by atoms with Crippen LogP contribution >= 0.6 is 0 Å². The Bertz CT molecular complexity index is 276. The fourth-order valence-electron chi connectivity index (χ4n) is 2.62. The highest BCUT2D eigenvalue weighted by Crippen LogP contribution is 2.43. The second kappa shape index (κ2) is 3.43. The largest absolute Gasteiger partial charge is 0.0846 e. The number of hydrogen-bond donors (Lipinski definition) is 0. The first-order chi connectivity index (χ1) is 6.37. The fourth-order valence-corrected chi connectivity index (χ4v) is 2.62. The summed E-state index contributed by atoms with van der Waals surface area (Å²) < 4.78 is 0. The van der Waals surface area contributed by atoms with E-state index in [0.29, 0.717) is 0 Å². The van der Waals surface area contributed by atoms with Crippen LogP contribution in [0.25, 0.3) is 10.4 Å². The van der Waals surface area contributed by atoms with E-state index >= 15 is 0 Å². The molecule has 1 atom stereocenters. The van der Waals surface area contributed by atoms with Gasteiger partial charge in [-0.2, -0.15) is 0 Å². The van der Waals surface area contributed by atoms with Crippen LogP contribution in [0, 0.1) is 0 Å². The van der Waals surface area contributed by atoms with Gasteiger partial charge in [0.25, 0.3) is 0 Å². The molecule has 3 nitrogen and oxygen atoms in total. The van der Waals surface area contributed by atoms with Gasteiger partial charge in [-0.1, -0.05) is 23.2 Å². The monoisotopic (exact) mass is 177 g/mol. The molecule has 0 radical (unpaired) electrons. The first-order valence-electron chi connectivity index (χ1n) is 5.13. The van der Waals surface area contributed by atoms with Crippen LogP contribution in [0.15, 0.2) is 16.8 Å². The van der Waals surface area contributed by atoms with E-state index in [2.05, 4.69) is 16.1 Å². The summed E-state index contributed by atoms with van der Waals surface area (Å²) in [5.74, 6) is 0. The number of rotatable bonds is 1. The maximum atomic E-state index is 8.58. The summed E-state index contributed by atoms with van der Waals surface area (Å²) in [6.45, 7) is 0. The van der Waals surface area contributed by atoms with Crippen molar-refractivity contribution in [3.63, 3.8) is 0 Å². The molecule has 2 aliphatic rings. The second-order valence-corrected chi connectivity index (χ2v) is 4.05. The van der Waals surface area contributed by atoms with Crippen molar-refractivity contribution in [2.45, 2.75) is 50.5 Å². The SMILES string of the molecule is [N-]=[N+]=NC12CCCC=C1CCCC2. The Balaban J connectivity index is 2.33. The molecule has 0 spiro atoms. The van der Waals surface area contributed by atoms with Crippen molar-refractivity contribution in [1.82, 2.24) is 0 Å². The molecule has 0 aromatic heterocycles. The van der Waals surface area contributed by atoms with E-state index in [9.17, 15) is 0 Å². The van der Waals surface area contributed by atoms with Crippen molar-refractivity contribution in [3.8, 4) is 0 Å². The molecular formula is C10H15N3. The van der Waals surface area contributed by atoms with Crippen molar-refractivity contribution in [2.75, 3.05) is 0 Å². The fraction of sp³-hybridized carbons (Fsp3) is 0.800. The van der Waals surface area contributed by atoms with Crippen LogP contribution in [0.5, 0.6) is 0 Å². The van der Waals surface area contributed by atoms with Gasteiger partial charge in [-0.15, -0.1) is 0 Å². The minimum Gasteiger partial charge on any atom is -0.0846 e. The van der Waals surface area contributed by atoms with Gasteiger partial charge in [0.1, 0.15) is 0 Å². The Morgan fingerprint density at radius 1 is 1.31 bits per heavy atom. The molecule has 0 bridgehead atoms. The molecular weight excluding hydrogens is 162 g/mol. The van der Waals surface area contributed by atoms with Gasteiger partial charge in [-0.05, 0) is 44.1 Å². The molecule has 13 heavy (non-hydrogen) atoms. The lowest BCUT2D eigenvalue weighted by Crippen LogP contribution is -2.33. The van der Waals surface area contributed by atoms with Gasteiger partial charge in [0.05, 0.1) is 5.54 Å². The topological polar surface area (TPSA) is 48.8 Å². The van der Waals surface area contributed by atoms with E-state index in [1.807, 2.05) is 0 Å². The quantitative estimate of drug-likeness (QED) is 0.254. The first-order valence-corrected chi connectivity index (χ1v) is 5.13. The average molecular weight is 177 g/mol. The van der Waals surface area contributed by atoms with Crippen LogP contribution in [0.3, 0.4) is 0 Å². The molecule has 2 rings (SSSR count). The van der Waals surface area contributed by atoms with E-state index in [-0.39, 0.29) is 5.54 Å². The van der Waals surface area contributed by atoms with Gasteiger partial charge >= 0.3 is 0 Å². The minimum atomic E-state index is -0.106. The Kier molecular flexibility index (Phi) is 2.28. The summed E-state index contributed by atoms with van der Waals surface area (Å²) in [5, 5.41) is 4.05. The van der Waals surface area contributed by atoms with Gasteiger partial charge in [0.2, 0.25) is 0 Å². The van der Waals surface area contributed by atoms with Crippen LogP contribution in [-0.4, -0.2) is 5.54 Å². The predicted octanol–water partition coefficient (Wildman–Crippen LogP) is 3.72. The third-order valence-corrected chi connectivity index (χ3v) is 3.31. The van der Waals surface area contributed by atoms with Gasteiger partial charge in [0.15, 0.2) is 0 Å². The molecule has 1 saturated carbocycles. The lowest BCUT2D eigenvalue weighted by atomic mass is 9.72. The second-order valence-electron chi connectivity index (χ2n) is 4.05.